The van der Waals surface area contributed by atoms with Gasteiger partial charge in [-0.1, -0.05) is 18.6 Å². The molecule has 16 heavy (non-hydrogen) atoms. The lowest BCUT2D eigenvalue weighted by Gasteiger charge is -2.18. The highest BCUT2D eigenvalue weighted by molar-refractivity contribution is 14.1. The second-order valence-corrected chi connectivity index (χ2v) is 6.01. The van der Waals surface area contributed by atoms with Gasteiger partial charge in [-0.15, -0.1) is 11.6 Å². The molecule has 0 saturated heterocycles. The largest absolute Gasteiger partial charge is 0.310 e. The second-order valence-electron chi connectivity index (χ2n) is 4.46. The molecule has 2 rings (SSSR count). The van der Waals surface area contributed by atoms with Crippen LogP contribution < -0.4 is 5.32 Å². The van der Waals surface area contributed by atoms with Crippen LogP contribution in [0.25, 0.3) is 0 Å². The molecule has 1 nitrogen and oxygen atoms in total. The maximum atomic E-state index is 5.96. The topological polar surface area (TPSA) is 12.0 Å². The van der Waals surface area contributed by atoms with Gasteiger partial charge in [-0.3, -0.25) is 0 Å². The predicted molar refractivity (Wildman–Crippen MR) is 77.8 cm³/mol. The van der Waals surface area contributed by atoms with Gasteiger partial charge >= 0.3 is 0 Å². The van der Waals surface area contributed by atoms with E-state index in [4.69, 9.17) is 11.6 Å². The smallest absolute Gasteiger partial charge is 0.0266 e. The average molecular weight is 350 g/mol. The van der Waals surface area contributed by atoms with Crippen molar-refractivity contribution in [3.8, 4) is 0 Å². The Kier molecular flexibility index (Phi) is 4.92. The third-order valence-corrected chi connectivity index (χ3v) is 4.45. The van der Waals surface area contributed by atoms with Crippen molar-refractivity contribution in [2.24, 2.45) is 5.92 Å². The van der Waals surface area contributed by atoms with Crippen molar-refractivity contribution in [1.82, 2.24) is 5.32 Å². The molecule has 1 fully saturated rings. The Balaban J connectivity index is 1.85. The SMILES string of the molecule is ClCC1CCCC1NCc1ccc(I)cc1. The van der Waals surface area contributed by atoms with E-state index in [0.717, 1.165) is 12.4 Å². The lowest BCUT2D eigenvalue weighted by atomic mass is 10.1. The van der Waals surface area contributed by atoms with Gasteiger partial charge in [0.2, 0.25) is 0 Å². The van der Waals surface area contributed by atoms with E-state index < -0.39 is 0 Å². The number of benzene rings is 1. The summed E-state index contributed by atoms with van der Waals surface area (Å²) in [4.78, 5) is 0. The van der Waals surface area contributed by atoms with Crippen LogP contribution in [0.15, 0.2) is 24.3 Å². The zero-order chi connectivity index (χ0) is 11.4. The molecule has 0 heterocycles. The van der Waals surface area contributed by atoms with E-state index in [1.807, 2.05) is 0 Å². The van der Waals surface area contributed by atoms with Crippen LogP contribution in [0.5, 0.6) is 0 Å². The highest BCUT2D eigenvalue weighted by atomic mass is 127. The molecule has 0 amide bonds. The molecule has 1 N–H and O–H groups in total. The molecule has 2 unspecified atom stereocenters. The maximum absolute atomic E-state index is 5.96. The van der Waals surface area contributed by atoms with Gasteiger partial charge in [0, 0.05) is 22.0 Å². The molecule has 2 atom stereocenters. The first-order valence-corrected chi connectivity index (χ1v) is 7.44. The normalized spacial score (nSPS) is 24.9. The molecule has 1 aromatic carbocycles. The Bertz CT molecular complexity index is 325. The zero-order valence-corrected chi connectivity index (χ0v) is 12.2. The lowest BCUT2D eigenvalue weighted by molar-refractivity contribution is 0.429. The molecule has 1 aromatic rings. The molecule has 1 aliphatic carbocycles. The molecular weight excluding hydrogens is 333 g/mol. The molecule has 1 saturated carbocycles. The van der Waals surface area contributed by atoms with Gasteiger partial charge in [-0.2, -0.15) is 0 Å². The van der Waals surface area contributed by atoms with E-state index in [-0.39, 0.29) is 0 Å². The highest BCUT2D eigenvalue weighted by Gasteiger charge is 2.25. The maximum Gasteiger partial charge on any atom is 0.0266 e. The Morgan fingerprint density at radius 3 is 2.69 bits per heavy atom. The van der Waals surface area contributed by atoms with Crippen molar-refractivity contribution < 1.29 is 0 Å². The molecule has 88 valence electrons. The molecule has 0 spiro atoms. The van der Waals surface area contributed by atoms with Crippen LogP contribution in [0, 0.1) is 9.49 Å². The lowest BCUT2D eigenvalue weighted by Crippen LogP contribution is -2.32. The zero-order valence-electron chi connectivity index (χ0n) is 9.26. The summed E-state index contributed by atoms with van der Waals surface area (Å²) >= 11 is 8.30. The van der Waals surface area contributed by atoms with Crippen LogP contribution in [-0.2, 0) is 6.54 Å². The first-order valence-electron chi connectivity index (χ1n) is 5.83. The first kappa shape index (κ1) is 12.7. The Hall–Kier alpha value is 0.200. The van der Waals surface area contributed by atoms with Gasteiger partial charge in [-0.05, 0) is 59.0 Å². The van der Waals surface area contributed by atoms with Gasteiger partial charge < -0.3 is 5.32 Å². The van der Waals surface area contributed by atoms with Gasteiger partial charge in [0.15, 0.2) is 0 Å². The standard InChI is InChI=1S/C13H17ClIN/c14-8-11-2-1-3-13(11)16-9-10-4-6-12(15)7-5-10/h4-7,11,13,16H,1-3,8-9H2. The van der Waals surface area contributed by atoms with E-state index in [2.05, 4.69) is 52.2 Å². The molecule has 1 aliphatic rings. The summed E-state index contributed by atoms with van der Waals surface area (Å²) in [6.45, 7) is 0.967. The van der Waals surface area contributed by atoms with Crippen LogP contribution in [0.4, 0.5) is 0 Å². The molecule has 0 bridgehead atoms. The fourth-order valence-corrected chi connectivity index (χ4v) is 3.07. The summed E-state index contributed by atoms with van der Waals surface area (Å²) in [5.41, 5.74) is 1.36. The highest BCUT2D eigenvalue weighted by Crippen LogP contribution is 2.26. The van der Waals surface area contributed by atoms with Gasteiger partial charge in [-0.25, -0.2) is 0 Å². The summed E-state index contributed by atoms with van der Waals surface area (Å²) in [5, 5.41) is 3.63. The monoisotopic (exact) mass is 349 g/mol. The summed E-state index contributed by atoms with van der Waals surface area (Å²) < 4.78 is 1.29. The average Bonchev–Trinajstić information content (AvgIpc) is 2.76. The number of halogens is 2. The Labute approximate surface area is 116 Å². The van der Waals surface area contributed by atoms with E-state index in [0.29, 0.717) is 12.0 Å². The minimum atomic E-state index is 0.622. The number of hydrogen-bond acceptors (Lipinski definition) is 1. The summed E-state index contributed by atoms with van der Waals surface area (Å²) in [6.07, 6.45) is 3.89. The predicted octanol–water partition coefficient (Wildman–Crippen LogP) is 3.79. The van der Waals surface area contributed by atoms with Crippen LogP contribution in [0.1, 0.15) is 24.8 Å². The van der Waals surface area contributed by atoms with E-state index >= 15 is 0 Å². The number of hydrogen-bond donors (Lipinski definition) is 1. The summed E-state index contributed by atoms with van der Waals surface area (Å²) in [5.74, 6) is 1.47. The van der Waals surface area contributed by atoms with E-state index in [1.54, 1.807) is 0 Å². The van der Waals surface area contributed by atoms with Crippen LogP contribution in [0.3, 0.4) is 0 Å². The van der Waals surface area contributed by atoms with Gasteiger partial charge in [0.05, 0.1) is 0 Å². The van der Waals surface area contributed by atoms with Crippen molar-refractivity contribution in [1.29, 1.82) is 0 Å². The van der Waals surface area contributed by atoms with E-state index in [1.165, 1.54) is 28.4 Å². The first-order chi connectivity index (χ1) is 7.79. The Morgan fingerprint density at radius 2 is 2.00 bits per heavy atom. The summed E-state index contributed by atoms with van der Waals surface area (Å²) in [7, 11) is 0. The third kappa shape index (κ3) is 3.34. The molecule has 0 aromatic heterocycles. The Morgan fingerprint density at radius 1 is 1.25 bits per heavy atom. The van der Waals surface area contributed by atoms with Gasteiger partial charge in [0.1, 0.15) is 0 Å². The van der Waals surface area contributed by atoms with E-state index in [9.17, 15) is 0 Å². The molecule has 0 aliphatic heterocycles. The van der Waals surface area contributed by atoms with Crippen LogP contribution in [0.2, 0.25) is 0 Å². The summed E-state index contributed by atoms with van der Waals surface area (Å²) in [6, 6.07) is 9.33. The van der Waals surface area contributed by atoms with Crippen molar-refractivity contribution >= 4 is 34.2 Å². The van der Waals surface area contributed by atoms with Crippen molar-refractivity contribution in [3.63, 3.8) is 0 Å². The molecular formula is C13H17ClIN. The van der Waals surface area contributed by atoms with Crippen LogP contribution in [-0.4, -0.2) is 11.9 Å². The fourth-order valence-electron chi connectivity index (χ4n) is 2.34. The van der Waals surface area contributed by atoms with Crippen molar-refractivity contribution in [2.75, 3.05) is 5.88 Å². The minimum Gasteiger partial charge on any atom is -0.310 e. The van der Waals surface area contributed by atoms with Crippen molar-refractivity contribution in [3.05, 3.63) is 33.4 Å². The van der Waals surface area contributed by atoms with Gasteiger partial charge in [0.25, 0.3) is 0 Å². The fraction of sp³-hybridized carbons (Fsp3) is 0.538. The minimum absolute atomic E-state index is 0.622. The second kappa shape index (κ2) is 6.22. The van der Waals surface area contributed by atoms with Crippen molar-refractivity contribution in [2.45, 2.75) is 31.8 Å². The third-order valence-electron chi connectivity index (χ3n) is 3.34. The number of nitrogens with one attached hydrogen (secondary N) is 1. The number of alkyl halides is 1. The molecule has 0 radical (unpaired) electrons. The van der Waals surface area contributed by atoms with Crippen LogP contribution >= 0.6 is 34.2 Å². The quantitative estimate of drug-likeness (QED) is 0.644. The molecule has 3 heteroatoms. The number of rotatable bonds is 4.